The molecule has 1 aliphatic rings. The number of ether oxygens (including phenoxy) is 1. The number of carbonyl (C=O) groups excluding carboxylic acids is 2. The van der Waals surface area contributed by atoms with Crippen molar-refractivity contribution in [2.24, 2.45) is 5.73 Å². The molecule has 6 rings (SSSR count). The summed E-state index contributed by atoms with van der Waals surface area (Å²) in [6.07, 6.45) is 3.76. The Bertz CT molecular complexity index is 2080. The van der Waals surface area contributed by atoms with E-state index in [9.17, 15) is 18.0 Å². The van der Waals surface area contributed by atoms with Gasteiger partial charge in [0.05, 0.1) is 4.90 Å². The summed E-state index contributed by atoms with van der Waals surface area (Å²) in [7, 11) is -2.53. The van der Waals surface area contributed by atoms with E-state index in [1.165, 1.54) is 12.1 Å². The zero-order valence-electron chi connectivity index (χ0n) is 27.3. The molecule has 4 aromatic carbocycles. The van der Waals surface area contributed by atoms with Gasteiger partial charge in [0.2, 0.25) is 0 Å². The minimum absolute atomic E-state index is 0.0946. The van der Waals surface area contributed by atoms with Crippen LogP contribution in [0, 0.1) is 13.8 Å². The van der Waals surface area contributed by atoms with Crippen LogP contribution >= 0.6 is 0 Å². The Labute approximate surface area is 282 Å². The second-order valence-corrected chi connectivity index (χ2v) is 14.1. The number of sulfonamides is 1. The maximum atomic E-state index is 14.7. The van der Waals surface area contributed by atoms with Gasteiger partial charge in [0.1, 0.15) is 25.4 Å². The number of nitrogens with zero attached hydrogens (tertiary/aromatic N) is 2. The fourth-order valence-electron chi connectivity index (χ4n) is 6.38. The second kappa shape index (κ2) is 13.7. The maximum absolute atomic E-state index is 14.7. The van der Waals surface area contributed by atoms with E-state index in [1.54, 1.807) is 19.2 Å². The number of nitrogens with one attached hydrogen (secondary N) is 1. The number of aromatic nitrogens is 1. The number of imide groups is 1. The van der Waals surface area contributed by atoms with Crippen LogP contribution in [0.4, 0.5) is 4.79 Å². The minimum atomic E-state index is -4.52. The highest BCUT2D eigenvalue weighted by molar-refractivity contribution is 7.89. The van der Waals surface area contributed by atoms with Crippen molar-refractivity contribution in [3.05, 3.63) is 119 Å². The molecule has 3 amide bonds. The number of hydrogen-bond acceptors (Lipinski definition) is 6. The standard InChI is InChI=1S/C37H39BN4O5S/c1-24-15-16-27(22-31(24)38)47-33-18-17-28(21-25(33)2)48(45,46)42-35(36(43)41(37(42)44)20-10-4-9-19-39)34(26-11-5-3-6-12-26)30-23-40-32-14-8-7-13-29(30)32/h3,5-8,11-18,21-23,34-35,40H,4,9-10,19-20,38-39H2,1-2H3. The molecule has 1 fully saturated rings. The number of benzene rings is 4. The van der Waals surface area contributed by atoms with Crippen molar-refractivity contribution in [3.8, 4) is 11.5 Å². The van der Waals surface area contributed by atoms with Crippen LogP contribution in [0.5, 0.6) is 11.5 Å². The number of aryl methyl sites for hydroxylation is 2. The second-order valence-electron chi connectivity index (χ2n) is 12.3. The first-order valence-electron chi connectivity index (χ1n) is 16.2. The van der Waals surface area contributed by atoms with Gasteiger partial charge in [-0.1, -0.05) is 72.0 Å². The van der Waals surface area contributed by atoms with Crippen LogP contribution in [0.15, 0.2) is 102 Å². The third kappa shape index (κ3) is 6.23. The first-order valence-corrected chi connectivity index (χ1v) is 17.6. The molecule has 11 heteroatoms. The molecule has 9 nitrogen and oxygen atoms in total. The largest absolute Gasteiger partial charge is 0.457 e. The fraction of sp³-hybridized carbons (Fsp3) is 0.243. The Kier molecular flexibility index (Phi) is 9.43. The van der Waals surface area contributed by atoms with E-state index in [1.807, 2.05) is 87.6 Å². The van der Waals surface area contributed by atoms with Crippen molar-refractivity contribution in [2.45, 2.75) is 50.0 Å². The third-order valence-corrected chi connectivity index (χ3v) is 10.9. The average Bonchev–Trinajstić information content (AvgIpc) is 3.61. The fourth-order valence-corrected chi connectivity index (χ4v) is 7.99. The van der Waals surface area contributed by atoms with E-state index < -0.39 is 33.9 Å². The van der Waals surface area contributed by atoms with Crippen LogP contribution in [0.2, 0.25) is 0 Å². The van der Waals surface area contributed by atoms with E-state index in [-0.39, 0.29) is 11.4 Å². The van der Waals surface area contributed by atoms with Crippen molar-refractivity contribution >= 4 is 46.2 Å². The summed E-state index contributed by atoms with van der Waals surface area (Å²) >= 11 is 0. The van der Waals surface area contributed by atoms with Crippen LogP contribution in [0.3, 0.4) is 0 Å². The first-order chi connectivity index (χ1) is 23.1. The Hall–Kier alpha value is -4.87. The third-order valence-electron chi connectivity index (χ3n) is 9.12. The lowest BCUT2D eigenvalue weighted by molar-refractivity contribution is -0.128. The van der Waals surface area contributed by atoms with Gasteiger partial charge in [-0.05, 0) is 86.3 Å². The van der Waals surface area contributed by atoms with Crippen LogP contribution in [0.1, 0.15) is 47.4 Å². The molecule has 2 heterocycles. The van der Waals surface area contributed by atoms with Gasteiger partial charge in [0.15, 0.2) is 0 Å². The van der Waals surface area contributed by atoms with Gasteiger partial charge in [0, 0.05) is 29.6 Å². The highest BCUT2D eigenvalue weighted by Crippen LogP contribution is 2.41. The number of amides is 3. The van der Waals surface area contributed by atoms with Gasteiger partial charge < -0.3 is 15.5 Å². The Morgan fingerprint density at radius 1 is 0.896 bits per heavy atom. The van der Waals surface area contributed by atoms with E-state index in [0.717, 1.165) is 43.1 Å². The minimum Gasteiger partial charge on any atom is -0.457 e. The van der Waals surface area contributed by atoms with Gasteiger partial charge in [-0.2, -0.15) is 0 Å². The van der Waals surface area contributed by atoms with Crippen LogP contribution in [-0.2, 0) is 14.8 Å². The highest BCUT2D eigenvalue weighted by Gasteiger charge is 2.55. The summed E-state index contributed by atoms with van der Waals surface area (Å²) in [6, 6.07) is 25.0. The molecule has 2 unspecified atom stereocenters. The van der Waals surface area contributed by atoms with Crippen LogP contribution in [0.25, 0.3) is 10.9 Å². The van der Waals surface area contributed by atoms with Gasteiger partial charge in [-0.3, -0.25) is 9.69 Å². The zero-order chi connectivity index (χ0) is 34.0. The lowest BCUT2D eigenvalue weighted by atomic mass is 9.84. The number of nitrogens with two attached hydrogens (primary N) is 1. The predicted octanol–water partition coefficient (Wildman–Crippen LogP) is 5.12. The summed E-state index contributed by atoms with van der Waals surface area (Å²) in [6.45, 7) is 4.36. The molecular formula is C37H39BN4O5S. The number of fused-ring (bicyclic) bond motifs is 1. The topological polar surface area (TPSA) is 126 Å². The smallest absolute Gasteiger partial charge is 0.341 e. The molecule has 5 aromatic rings. The van der Waals surface area contributed by atoms with Gasteiger partial charge >= 0.3 is 6.03 Å². The number of hydrogen-bond donors (Lipinski definition) is 2. The lowest BCUT2D eigenvalue weighted by Gasteiger charge is -2.29. The summed E-state index contributed by atoms with van der Waals surface area (Å²) in [5, 5.41) is 0.842. The molecule has 0 radical (unpaired) electrons. The van der Waals surface area contributed by atoms with E-state index in [4.69, 9.17) is 10.5 Å². The molecule has 3 N–H and O–H groups in total. The number of carbonyl (C=O) groups is 2. The van der Waals surface area contributed by atoms with Crippen LogP contribution in [-0.4, -0.2) is 61.5 Å². The molecule has 0 saturated carbocycles. The van der Waals surface area contributed by atoms with E-state index in [0.29, 0.717) is 42.0 Å². The molecule has 0 bridgehead atoms. The van der Waals surface area contributed by atoms with E-state index in [2.05, 4.69) is 4.98 Å². The van der Waals surface area contributed by atoms with Crippen molar-refractivity contribution < 1.29 is 22.7 Å². The van der Waals surface area contributed by atoms with Crippen molar-refractivity contribution in [1.29, 1.82) is 0 Å². The quantitative estimate of drug-likeness (QED) is 0.109. The average molecular weight is 663 g/mol. The van der Waals surface area contributed by atoms with E-state index >= 15 is 0 Å². The number of urea groups is 1. The first kappa shape index (κ1) is 33.1. The van der Waals surface area contributed by atoms with Crippen molar-refractivity contribution in [3.63, 3.8) is 0 Å². The molecule has 0 aliphatic carbocycles. The zero-order valence-corrected chi connectivity index (χ0v) is 28.2. The van der Waals surface area contributed by atoms with Gasteiger partial charge in [-0.25, -0.2) is 17.5 Å². The Morgan fingerprint density at radius 2 is 1.65 bits per heavy atom. The molecule has 1 saturated heterocycles. The number of aromatic amines is 1. The van der Waals surface area contributed by atoms with Crippen molar-refractivity contribution in [2.75, 3.05) is 13.1 Å². The normalized spacial score (nSPS) is 15.8. The van der Waals surface area contributed by atoms with Crippen LogP contribution < -0.4 is 15.9 Å². The predicted molar refractivity (Wildman–Crippen MR) is 190 cm³/mol. The maximum Gasteiger partial charge on any atom is 0.341 e. The SMILES string of the molecule is Bc1cc(Oc2ccc(S(=O)(=O)N3C(=O)N(CCCCCN)C(=O)C3C(c3ccccc3)c3c[nH]c4ccccc34)cc2C)ccc1C. The number of para-hydroxylation sites is 1. The van der Waals surface area contributed by atoms with Gasteiger partial charge in [-0.15, -0.1) is 0 Å². The summed E-state index contributed by atoms with van der Waals surface area (Å²) in [5.74, 6) is -0.218. The molecule has 48 heavy (non-hydrogen) atoms. The number of rotatable bonds is 12. The van der Waals surface area contributed by atoms with Crippen molar-refractivity contribution in [1.82, 2.24) is 14.2 Å². The Balaban J connectivity index is 1.44. The molecule has 1 aliphatic heterocycles. The molecule has 246 valence electrons. The summed E-state index contributed by atoms with van der Waals surface area (Å²) < 4.78 is 36.2. The number of unbranched alkanes of at least 4 members (excludes halogenated alkanes) is 2. The summed E-state index contributed by atoms with van der Waals surface area (Å²) in [5.41, 5.74) is 10.7. The van der Waals surface area contributed by atoms with Gasteiger partial charge in [0.25, 0.3) is 15.9 Å². The molecular weight excluding hydrogens is 623 g/mol. The molecule has 2 atom stereocenters. The summed E-state index contributed by atoms with van der Waals surface area (Å²) in [4.78, 5) is 32.9. The molecule has 1 aromatic heterocycles. The molecule has 0 spiro atoms. The lowest BCUT2D eigenvalue weighted by Crippen LogP contribution is -2.44. The monoisotopic (exact) mass is 662 g/mol. The highest BCUT2D eigenvalue weighted by atomic mass is 32.2. The Morgan fingerprint density at radius 3 is 2.38 bits per heavy atom. The number of H-pyrrole nitrogens is 1.